The van der Waals surface area contributed by atoms with Crippen LogP contribution >= 0.6 is 0 Å². The molecular formula is C28H26O12S3. The molecule has 4 aromatic carbocycles. The number of hydrogen-bond acceptors (Lipinski definition) is 9. The highest BCUT2D eigenvalue weighted by Gasteiger charge is 2.22. The predicted molar refractivity (Wildman–Crippen MR) is 157 cm³/mol. The summed E-state index contributed by atoms with van der Waals surface area (Å²) in [6.07, 6.45) is 0.715. The SMILES string of the molecule is COc1ccc(-c2ccc(Oc3ccc(C(=O)c4ccc(C)c(S(=O)(=O)O)c4)cc3S(=O)(=O)O)cc2)cc1.CS(=O)(=O)O. The lowest BCUT2D eigenvalue weighted by Gasteiger charge is -2.12. The van der Waals surface area contributed by atoms with Gasteiger partial charge >= 0.3 is 0 Å². The molecule has 0 aliphatic rings. The second kappa shape index (κ2) is 13.0. The fourth-order valence-electron chi connectivity index (χ4n) is 3.75. The summed E-state index contributed by atoms with van der Waals surface area (Å²) < 4.78 is 103. The molecule has 0 aliphatic heterocycles. The van der Waals surface area contributed by atoms with Gasteiger partial charge in [0.2, 0.25) is 0 Å². The van der Waals surface area contributed by atoms with Crippen molar-refractivity contribution in [2.24, 2.45) is 0 Å². The Kier molecular flexibility index (Phi) is 10.1. The number of rotatable bonds is 8. The van der Waals surface area contributed by atoms with Crippen molar-refractivity contribution in [1.82, 2.24) is 0 Å². The van der Waals surface area contributed by atoms with E-state index in [2.05, 4.69) is 0 Å². The molecule has 12 nitrogen and oxygen atoms in total. The zero-order chi connectivity index (χ0) is 32.2. The molecule has 0 aromatic heterocycles. The number of carbonyl (C=O) groups is 1. The average molecular weight is 651 g/mol. The molecule has 3 N–H and O–H groups in total. The summed E-state index contributed by atoms with van der Waals surface area (Å²) >= 11 is 0. The maximum absolute atomic E-state index is 13.0. The quantitative estimate of drug-likeness (QED) is 0.176. The van der Waals surface area contributed by atoms with Crippen LogP contribution in [0.2, 0.25) is 0 Å². The van der Waals surface area contributed by atoms with Gasteiger partial charge in [0.15, 0.2) is 5.78 Å². The lowest BCUT2D eigenvalue weighted by atomic mass is 10.0. The Balaban J connectivity index is 0.000000934. The van der Waals surface area contributed by atoms with Crippen molar-refractivity contribution in [3.63, 3.8) is 0 Å². The number of ether oxygens (including phenoxy) is 2. The van der Waals surface area contributed by atoms with E-state index in [1.165, 1.54) is 31.2 Å². The van der Waals surface area contributed by atoms with Gasteiger partial charge in [-0.05, 0) is 72.1 Å². The molecule has 0 bridgehead atoms. The second-order valence-corrected chi connectivity index (χ2v) is 13.3. The van der Waals surface area contributed by atoms with E-state index in [-0.39, 0.29) is 28.2 Å². The van der Waals surface area contributed by atoms with Gasteiger partial charge in [0, 0.05) is 11.1 Å². The van der Waals surface area contributed by atoms with Crippen molar-refractivity contribution >= 4 is 36.1 Å². The monoisotopic (exact) mass is 650 g/mol. The first-order valence-electron chi connectivity index (χ1n) is 12.0. The highest BCUT2D eigenvalue weighted by atomic mass is 32.2. The van der Waals surface area contributed by atoms with Crippen molar-refractivity contribution < 1.29 is 53.2 Å². The number of hydrogen-bond donors (Lipinski definition) is 3. The molecule has 0 saturated heterocycles. The van der Waals surface area contributed by atoms with Crippen LogP contribution in [0.1, 0.15) is 21.5 Å². The van der Waals surface area contributed by atoms with Crippen molar-refractivity contribution in [1.29, 1.82) is 0 Å². The van der Waals surface area contributed by atoms with Gasteiger partial charge in [0.25, 0.3) is 30.4 Å². The zero-order valence-corrected chi connectivity index (χ0v) is 25.3. The fraction of sp³-hybridized carbons (Fsp3) is 0.107. The van der Waals surface area contributed by atoms with Gasteiger partial charge in [-0.15, -0.1) is 0 Å². The number of carbonyl (C=O) groups excluding carboxylic acids is 1. The maximum Gasteiger partial charge on any atom is 0.298 e. The molecule has 0 radical (unpaired) electrons. The lowest BCUT2D eigenvalue weighted by molar-refractivity contribution is 0.103. The van der Waals surface area contributed by atoms with Crippen LogP contribution in [0.5, 0.6) is 17.2 Å². The average Bonchev–Trinajstić information content (AvgIpc) is 2.91. The van der Waals surface area contributed by atoms with Crippen molar-refractivity contribution in [2.45, 2.75) is 16.7 Å². The third-order valence-corrected chi connectivity index (χ3v) is 7.59. The van der Waals surface area contributed by atoms with Crippen LogP contribution in [0.25, 0.3) is 11.1 Å². The van der Waals surface area contributed by atoms with Crippen LogP contribution in [-0.4, -0.2) is 58.1 Å². The molecule has 4 rings (SSSR count). The summed E-state index contributed by atoms with van der Waals surface area (Å²) in [6, 6.07) is 21.3. The first kappa shape index (κ1) is 33.4. The van der Waals surface area contributed by atoms with Crippen LogP contribution in [0.4, 0.5) is 0 Å². The summed E-state index contributed by atoms with van der Waals surface area (Å²) in [6.45, 7) is 1.45. The van der Waals surface area contributed by atoms with E-state index in [0.717, 1.165) is 29.0 Å². The summed E-state index contributed by atoms with van der Waals surface area (Å²) in [7, 11) is -11.5. The Morgan fingerprint density at radius 1 is 0.628 bits per heavy atom. The van der Waals surface area contributed by atoms with Gasteiger partial charge in [-0.1, -0.05) is 36.4 Å². The van der Waals surface area contributed by atoms with Crippen LogP contribution < -0.4 is 9.47 Å². The van der Waals surface area contributed by atoms with E-state index in [4.69, 9.17) is 14.0 Å². The molecule has 0 saturated carbocycles. The molecule has 228 valence electrons. The standard InChI is InChI=1S/C27H22O9S2.CH4O3S/c1-17-3-4-20(15-25(17)37(29,30)31)27(28)21-9-14-24(26(16-21)38(32,33)34)36-23-12-7-19(8-13-23)18-5-10-22(35-2)11-6-18;1-5(2,3)4/h3-16H,1-2H3,(H,29,30,31)(H,32,33,34);1H3,(H,2,3,4). The minimum atomic E-state index is -4.81. The highest BCUT2D eigenvalue weighted by molar-refractivity contribution is 7.86. The molecule has 4 aromatic rings. The molecule has 0 fully saturated rings. The Labute approximate surface area is 248 Å². The fourth-order valence-corrected chi connectivity index (χ4v) is 5.14. The number of benzene rings is 4. The topological polar surface area (TPSA) is 199 Å². The van der Waals surface area contributed by atoms with Gasteiger partial charge < -0.3 is 9.47 Å². The van der Waals surface area contributed by atoms with E-state index in [0.29, 0.717) is 6.26 Å². The van der Waals surface area contributed by atoms with E-state index >= 15 is 0 Å². The third kappa shape index (κ3) is 9.44. The predicted octanol–water partition coefficient (Wildman–Crippen LogP) is 4.69. The molecule has 43 heavy (non-hydrogen) atoms. The molecule has 0 amide bonds. The number of ketones is 1. The van der Waals surface area contributed by atoms with E-state index in [9.17, 15) is 39.2 Å². The van der Waals surface area contributed by atoms with E-state index in [1.807, 2.05) is 24.3 Å². The normalized spacial score (nSPS) is 11.7. The molecule has 0 atom stereocenters. The van der Waals surface area contributed by atoms with Gasteiger partial charge in [-0.2, -0.15) is 25.3 Å². The Bertz CT molecular complexity index is 1960. The van der Waals surface area contributed by atoms with Crippen LogP contribution in [-0.2, 0) is 30.4 Å². The maximum atomic E-state index is 13.0. The molecule has 15 heteroatoms. The zero-order valence-electron chi connectivity index (χ0n) is 22.8. The van der Waals surface area contributed by atoms with Crippen molar-refractivity contribution in [3.05, 3.63) is 102 Å². The Morgan fingerprint density at radius 2 is 1.05 bits per heavy atom. The van der Waals surface area contributed by atoms with Gasteiger partial charge in [-0.25, -0.2) is 0 Å². The lowest BCUT2D eigenvalue weighted by Crippen LogP contribution is -2.08. The second-order valence-electron chi connectivity index (χ2n) is 9.01. The van der Waals surface area contributed by atoms with Crippen LogP contribution in [0.15, 0.2) is 94.7 Å². The summed E-state index contributed by atoms with van der Waals surface area (Å²) in [5.41, 5.74) is 1.77. The van der Waals surface area contributed by atoms with Gasteiger partial charge in [-0.3, -0.25) is 18.5 Å². The minimum Gasteiger partial charge on any atom is -0.497 e. The van der Waals surface area contributed by atoms with E-state index in [1.54, 1.807) is 31.4 Å². The minimum absolute atomic E-state index is 0.104. The smallest absolute Gasteiger partial charge is 0.298 e. The molecule has 0 aliphatic carbocycles. The van der Waals surface area contributed by atoms with Crippen LogP contribution in [0.3, 0.4) is 0 Å². The first-order chi connectivity index (χ1) is 19.9. The van der Waals surface area contributed by atoms with Crippen molar-refractivity contribution in [2.75, 3.05) is 13.4 Å². The van der Waals surface area contributed by atoms with E-state index < -0.39 is 45.9 Å². The third-order valence-electron chi connectivity index (χ3n) is 5.72. The highest BCUT2D eigenvalue weighted by Crippen LogP contribution is 2.32. The van der Waals surface area contributed by atoms with Gasteiger partial charge in [0.05, 0.1) is 18.3 Å². The molecular weight excluding hydrogens is 624 g/mol. The van der Waals surface area contributed by atoms with Crippen LogP contribution in [0, 0.1) is 6.92 Å². The van der Waals surface area contributed by atoms with Gasteiger partial charge in [0.1, 0.15) is 22.1 Å². The van der Waals surface area contributed by atoms with Crippen molar-refractivity contribution in [3.8, 4) is 28.4 Å². The largest absolute Gasteiger partial charge is 0.497 e. The number of methoxy groups -OCH3 is 1. The Hall–Kier alpha value is -4.12. The molecule has 0 unspecified atom stereocenters. The first-order valence-corrected chi connectivity index (χ1v) is 16.7. The molecule has 0 spiro atoms. The summed E-state index contributed by atoms with van der Waals surface area (Å²) in [5.74, 6) is 0.0520. The Morgan fingerprint density at radius 3 is 1.49 bits per heavy atom. The molecule has 0 heterocycles. The summed E-state index contributed by atoms with van der Waals surface area (Å²) in [5, 5.41) is 0. The summed E-state index contributed by atoms with van der Waals surface area (Å²) in [4.78, 5) is 11.9. The number of aryl methyl sites for hydroxylation is 1.